The Labute approximate surface area is 306 Å². The lowest BCUT2D eigenvalue weighted by Crippen LogP contribution is -2.58. The standard InChI is InChI=1S/C30H53N11O8S2/c1-4-34-27(47)19(7-5-9-35-30(32)33)40-28(48)21-16-51-17-41(21)29(49)20(39-26(46)14-38-24(44)11-18(2)3)15-50-10-6-8-23(43)37-13-25(45)36-12-22(31)42/h18-21H,4-17H2,1-3H3,(H2,31,42)(H,34,47)(H,36,45)(H,37,43)(H,38,44)(H,39,46)(H,40,48)(H4,32,33,35)/t19-,20+,21+/m1/s1. The molecule has 1 aliphatic rings. The van der Waals surface area contributed by atoms with Crippen LogP contribution in [0.4, 0.5) is 0 Å². The summed E-state index contributed by atoms with van der Waals surface area (Å²) < 4.78 is 0. The van der Waals surface area contributed by atoms with Gasteiger partial charge in [-0.3, -0.25) is 43.3 Å². The number of carbonyl (C=O) groups is 8. The van der Waals surface area contributed by atoms with Crippen LogP contribution in [0.2, 0.25) is 0 Å². The Morgan fingerprint density at radius 2 is 1.51 bits per heavy atom. The smallest absolute Gasteiger partial charge is 0.247 e. The fourth-order valence-corrected chi connectivity index (χ4v) is 6.65. The first-order chi connectivity index (χ1) is 24.1. The average molecular weight is 760 g/mol. The molecule has 0 saturated carbocycles. The van der Waals surface area contributed by atoms with Crippen LogP contribution >= 0.6 is 23.5 Å². The van der Waals surface area contributed by atoms with E-state index in [1.165, 1.54) is 28.4 Å². The number of nitrogens with zero attached hydrogens (tertiary/aromatic N) is 2. The molecule has 0 radical (unpaired) electrons. The zero-order valence-electron chi connectivity index (χ0n) is 29.4. The van der Waals surface area contributed by atoms with Crippen LogP contribution in [0.3, 0.4) is 0 Å². The van der Waals surface area contributed by atoms with Gasteiger partial charge in [0, 0.05) is 37.4 Å². The molecule has 288 valence electrons. The second kappa shape index (κ2) is 24.8. The number of hydrogen-bond donors (Lipinski definition) is 9. The third kappa shape index (κ3) is 19.6. The van der Waals surface area contributed by atoms with E-state index in [4.69, 9.17) is 17.2 Å². The summed E-state index contributed by atoms with van der Waals surface area (Å²) in [5.74, 6) is -3.06. The summed E-state index contributed by atoms with van der Waals surface area (Å²) in [6.45, 7) is 5.08. The van der Waals surface area contributed by atoms with Gasteiger partial charge in [0.2, 0.25) is 47.3 Å². The fourth-order valence-electron chi connectivity index (χ4n) is 4.51. The van der Waals surface area contributed by atoms with Crippen molar-refractivity contribution in [1.29, 1.82) is 0 Å². The quantitative estimate of drug-likeness (QED) is 0.0263. The summed E-state index contributed by atoms with van der Waals surface area (Å²) >= 11 is 2.64. The van der Waals surface area contributed by atoms with Gasteiger partial charge in [0.25, 0.3) is 0 Å². The van der Waals surface area contributed by atoms with Crippen LogP contribution in [0.25, 0.3) is 0 Å². The molecule has 51 heavy (non-hydrogen) atoms. The summed E-state index contributed by atoms with van der Waals surface area (Å²) in [7, 11) is 0. The molecule has 0 aromatic rings. The van der Waals surface area contributed by atoms with Gasteiger partial charge in [-0.05, 0) is 37.9 Å². The van der Waals surface area contributed by atoms with Crippen molar-refractivity contribution in [2.75, 3.05) is 55.9 Å². The Bertz CT molecular complexity index is 1250. The van der Waals surface area contributed by atoms with E-state index in [1.54, 1.807) is 6.92 Å². The molecule has 0 spiro atoms. The van der Waals surface area contributed by atoms with Crippen molar-refractivity contribution in [3.05, 3.63) is 0 Å². The van der Waals surface area contributed by atoms with E-state index in [2.05, 4.69) is 36.9 Å². The lowest BCUT2D eigenvalue weighted by atomic mass is 10.1. The maximum atomic E-state index is 13.9. The number of guanidine groups is 1. The predicted molar refractivity (Wildman–Crippen MR) is 195 cm³/mol. The van der Waals surface area contributed by atoms with Crippen LogP contribution in [0.1, 0.15) is 52.9 Å². The first kappa shape index (κ1) is 44.8. The van der Waals surface area contributed by atoms with E-state index in [0.717, 1.165) is 0 Å². The molecule has 1 fully saturated rings. The molecule has 1 saturated heterocycles. The van der Waals surface area contributed by atoms with Gasteiger partial charge in [0.1, 0.15) is 18.1 Å². The second-order valence-corrected chi connectivity index (χ2v) is 14.1. The molecule has 0 aromatic carbocycles. The van der Waals surface area contributed by atoms with E-state index in [0.29, 0.717) is 25.1 Å². The number of aliphatic imine (C=N–C) groups is 1. The highest BCUT2D eigenvalue weighted by molar-refractivity contribution is 7.99. The SMILES string of the molecule is CCNC(=O)[C@@H](CCCN=C(N)N)NC(=O)[C@@H]1CSCN1C(=O)[C@H](CSCCCC(=O)NCC(=O)NCC(N)=O)NC(=O)CNC(=O)CC(C)C. The molecule has 12 N–H and O–H groups in total. The van der Waals surface area contributed by atoms with Gasteiger partial charge >= 0.3 is 0 Å². The molecule has 0 aliphatic carbocycles. The number of likely N-dealkylation sites (N-methyl/N-ethyl adjacent to an activating group) is 1. The van der Waals surface area contributed by atoms with Crippen molar-refractivity contribution in [1.82, 2.24) is 36.8 Å². The van der Waals surface area contributed by atoms with Gasteiger partial charge in [-0.15, -0.1) is 11.8 Å². The van der Waals surface area contributed by atoms with E-state index < -0.39 is 53.6 Å². The third-order valence-corrected chi connectivity index (χ3v) is 9.11. The first-order valence-electron chi connectivity index (χ1n) is 16.6. The molecule has 3 atom stereocenters. The van der Waals surface area contributed by atoms with Crippen molar-refractivity contribution < 1.29 is 38.4 Å². The van der Waals surface area contributed by atoms with Crippen LogP contribution in [0, 0.1) is 5.92 Å². The number of thioether (sulfide) groups is 2. The topological polar surface area (TPSA) is 302 Å². The van der Waals surface area contributed by atoms with Crippen molar-refractivity contribution in [2.24, 2.45) is 28.1 Å². The van der Waals surface area contributed by atoms with Gasteiger partial charge in [-0.25, -0.2) is 0 Å². The molecule has 0 bridgehead atoms. The maximum absolute atomic E-state index is 13.9. The molecule has 19 nitrogen and oxygen atoms in total. The number of hydrogen-bond acceptors (Lipinski definition) is 11. The van der Waals surface area contributed by atoms with E-state index in [1.807, 2.05) is 13.8 Å². The zero-order valence-corrected chi connectivity index (χ0v) is 31.1. The highest BCUT2D eigenvalue weighted by Gasteiger charge is 2.39. The second-order valence-electron chi connectivity index (χ2n) is 11.9. The molecule has 21 heteroatoms. The fraction of sp³-hybridized carbons (Fsp3) is 0.700. The number of amides is 8. The molecular formula is C30H53N11O8S2. The average Bonchev–Trinajstić information content (AvgIpc) is 3.55. The summed E-state index contributed by atoms with van der Waals surface area (Å²) in [6.07, 6.45) is 1.35. The molecule has 1 aliphatic heterocycles. The van der Waals surface area contributed by atoms with Crippen molar-refractivity contribution in [3.63, 3.8) is 0 Å². The van der Waals surface area contributed by atoms with E-state index in [-0.39, 0.29) is 86.5 Å². The normalized spacial score (nSPS) is 14.8. The largest absolute Gasteiger partial charge is 0.370 e. The Balaban J connectivity index is 2.91. The minimum Gasteiger partial charge on any atom is -0.370 e. The number of rotatable bonds is 24. The summed E-state index contributed by atoms with van der Waals surface area (Å²) in [6, 6.07) is -2.88. The van der Waals surface area contributed by atoms with E-state index in [9.17, 15) is 38.4 Å². The minimum absolute atomic E-state index is 0.0761. The molecule has 1 rings (SSSR count). The number of carbonyl (C=O) groups excluding carboxylic acids is 8. The van der Waals surface area contributed by atoms with Crippen LogP contribution < -0.4 is 49.1 Å². The molecule has 0 unspecified atom stereocenters. The molecule has 0 aromatic heterocycles. The predicted octanol–water partition coefficient (Wildman–Crippen LogP) is -3.56. The first-order valence-corrected chi connectivity index (χ1v) is 18.9. The maximum Gasteiger partial charge on any atom is 0.247 e. The summed E-state index contributed by atoms with van der Waals surface area (Å²) in [4.78, 5) is 105. The lowest BCUT2D eigenvalue weighted by Gasteiger charge is -2.29. The number of nitrogens with one attached hydrogen (secondary N) is 6. The summed E-state index contributed by atoms with van der Waals surface area (Å²) in [5.41, 5.74) is 15.7. The third-order valence-electron chi connectivity index (χ3n) is 6.95. The highest BCUT2D eigenvalue weighted by Crippen LogP contribution is 2.23. The lowest BCUT2D eigenvalue weighted by molar-refractivity contribution is -0.141. The Hall–Kier alpha value is -4.27. The van der Waals surface area contributed by atoms with Gasteiger partial charge in [0.05, 0.1) is 25.5 Å². The monoisotopic (exact) mass is 759 g/mol. The Morgan fingerprint density at radius 1 is 0.843 bits per heavy atom. The number of primary amides is 1. The minimum atomic E-state index is -1.07. The van der Waals surface area contributed by atoms with Crippen LogP contribution in [0.15, 0.2) is 4.99 Å². The van der Waals surface area contributed by atoms with Crippen LogP contribution in [-0.4, -0.2) is 132 Å². The molecule has 8 amide bonds. The van der Waals surface area contributed by atoms with Crippen molar-refractivity contribution in [3.8, 4) is 0 Å². The van der Waals surface area contributed by atoms with Gasteiger partial charge in [-0.2, -0.15) is 11.8 Å². The van der Waals surface area contributed by atoms with Crippen molar-refractivity contribution in [2.45, 2.75) is 71.0 Å². The number of nitrogens with two attached hydrogens (primary N) is 3. The Morgan fingerprint density at radius 3 is 2.16 bits per heavy atom. The summed E-state index contributed by atoms with van der Waals surface area (Å²) in [5, 5.41) is 15.4. The molecular weight excluding hydrogens is 707 g/mol. The molecule has 1 heterocycles. The van der Waals surface area contributed by atoms with Crippen molar-refractivity contribution >= 4 is 76.7 Å². The van der Waals surface area contributed by atoms with Crippen LogP contribution in [-0.2, 0) is 38.4 Å². The zero-order chi connectivity index (χ0) is 38.3. The Kier molecular flexibility index (Phi) is 21.8. The van der Waals surface area contributed by atoms with Gasteiger partial charge in [0.15, 0.2) is 5.96 Å². The van der Waals surface area contributed by atoms with Crippen LogP contribution in [0.5, 0.6) is 0 Å². The highest BCUT2D eigenvalue weighted by atomic mass is 32.2. The van der Waals surface area contributed by atoms with E-state index >= 15 is 0 Å². The van der Waals surface area contributed by atoms with Gasteiger partial charge in [-0.1, -0.05) is 13.8 Å². The van der Waals surface area contributed by atoms with Gasteiger partial charge < -0.3 is 54.0 Å².